The number of aromatic nitrogens is 1. The van der Waals surface area contributed by atoms with Crippen molar-refractivity contribution >= 4 is 11.3 Å². The summed E-state index contributed by atoms with van der Waals surface area (Å²) in [7, 11) is 3.80. The van der Waals surface area contributed by atoms with Crippen LogP contribution in [0.4, 0.5) is 0 Å². The Balaban J connectivity index is 2.12. The molecule has 2 N–H and O–H groups in total. The number of rotatable bonds is 7. The Morgan fingerprint density at radius 2 is 2.24 bits per heavy atom. The van der Waals surface area contributed by atoms with Gasteiger partial charge in [0.25, 0.3) is 0 Å². The van der Waals surface area contributed by atoms with E-state index in [9.17, 15) is 0 Å². The lowest BCUT2D eigenvalue weighted by Crippen LogP contribution is -2.30. The van der Waals surface area contributed by atoms with Crippen LogP contribution in [0.5, 0.6) is 0 Å². The number of nitrogens with zero attached hydrogens (tertiary/aromatic N) is 2. The first-order valence-electron chi connectivity index (χ1n) is 7.03. The van der Waals surface area contributed by atoms with Crippen LogP contribution in [0, 0.1) is 6.92 Å². The van der Waals surface area contributed by atoms with Gasteiger partial charge in [-0.05, 0) is 25.1 Å². The predicted molar refractivity (Wildman–Crippen MR) is 87.3 cm³/mol. The third kappa shape index (κ3) is 4.35. The van der Waals surface area contributed by atoms with Gasteiger partial charge in [-0.3, -0.25) is 4.90 Å². The third-order valence-electron chi connectivity index (χ3n) is 3.48. The van der Waals surface area contributed by atoms with Gasteiger partial charge in [0.2, 0.25) is 0 Å². The molecule has 1 atom stereocenters. The second-order valence-corrected chi connectivity index (χ2v) is 6.26. The smallest absolute Gasteiger partial charge is 0.0897 e. The first kappa shape index (κ1) is 16.1. The van der Waals surface area contributed by atoms with E-state index in [1.165, 1.54) is 11.1 Å². The molecule has 0 aliphatic carbocycles. The highest BCUT2D eigenvalue weighted by Crippen LogP contribution is 2.22. The summed E-state index contributed by atoms with van der Waals surface area (Å²) in [6.07, 6.45) is 0. The zero-order valence-electron chi connectivity index (χ0n) is 12.9. The molecule has 21 heavy (non-hydrogen) atoms. The molecule has 2 aromatic rings. The second-order valence-electron chi connectivity index (χ2n) is 5.20. The highest BCUT2D eigenvalue weighted by molar-refractivity contribution is 7.09. The molecule has 1 unspecified atom stereocenters. The van der Waals surface area contributed by atoms with Gasteiger partial charge in [0.1, 0.15) is 0 Å². The van der Waals surface area contributed by atoms with Crippen molar-refractivity contribution in [2.45, 2.75) is 26.1 Å². The van der Waals surface area contributed by atoms with Crippen LogP contribution in [0.2, 0.25) is 0 Å². The largest absolute Gasteiger partial charge is 0.380 e. The van der Waals surface area contributed by atoms with Crippen molar-refractivity contribution < 1.29 is 4.74 Å². The van der Waals surface area contributed by atoms with E-state index >= 15 is 0 Å². The Hall–Kier alpha value is -1.27. The van der Waals surface area contributed by atoms with E-state index in [-0.39, 0.29) is 6.04 Å². The molecule has 0 bridgehead atoms. The van der Waals surface area contributed by atoms with Crippen LogP contribution in [0.15, 0.2) is 29.6 Å². The molecule has 0 fully saturated rings. The Labute approximate surface area is 130 Å². The Morgan fingerprint density at radius 1 is 1.43 bits per heavy atom. The number of aryl methyl sites for hydroxylation is 1. The summed E-state index contributed by atoms with van der Waals surface area (Å²) < 4.78 is 5.20. The van der Waals surface area contributed by atoms with Crippen molar-refractivity contribution in [3.8, 4) is 0 Å². The van der Waals surface area contributed by atoms with Gasteiger partial charge in [0.15, 0.2) is 0 Å². The van der Waals surface area contributed by atoms with Crippen LogP contribution in [0.1, 0.15) is 27.9 Å². The molecule has 114 valence electrons. The zero-order chi connectivity index (χ0) is 15.2. The molecule has 0 aliphatic heterocycles. The van der Waals surface area contributed by atoms with Gasteiger partial charge in [0, 0.05) is 31.6 Å². The number of likely N-dealkylation sites (N-methyl/N-ethyl adjacent to an activating group) is 1. The lowest BCUT2D eigenvalue weighted by atomic mass is 10.0. The van der Waals surface area contributed by atoms with E-state index in [1.807, 2.05) is 6.92 Å². The van der Waals surface area contributed by atoms with Gasteiger partial charge in [-0.25, -0.2) is 4.98 Å². The Morgan fingerprint density at radius 3 is 2.86 bits per heavy atom. The molecular formula is C16H23N3OS. The monoisotopic (exact) mass is 305 g/mol. The fourth-order valence-corrected chi connectivity index (χ4v) is 3.08. The minimum absolute atomic E-state index is 0.184. The second kappa shape index (κ2) is 7.66. The first-order valence-corrected chi connectivity index (χ1v) is 7.91. The number of thiazole rings is 1. The van der Waals surface area contributed by atoms with E-state index < -0.39 is 0 Å². The maximum absolute atomic E-state index is 6.00. The average Bonchev–Trinajstić information content (AvgIpc) is 2.86. The molecule has 0 saturated carbocycles. The summed E-state index contributed by atoms with van der Waals surface area (Å²) in [5.41, 5.74) is 9.50. The van der Waals surface area contributed by atoms with Crippen LogP contribution >= 0.6 is 11.3 Å². The normalized spacial score (nSPS) is 12.8. The van der Waals surface area contributed by atoms with E-state index in [1.54, 1.807) is 18.4 Å². The molecule has 0 spiro atoms. The Kier molecular flexibility index (Phi) is 5.87. The van der Waals surface area contributed by atoms with Gasteiger partial charge in [-0.2, -0.15) is 0 Å². The summed E-state index contributed by atoms with van der Waals surface area (Å²) in [6, 6.07) is 8.62. The molecule has 5 heteroatoms. The number of ether oxygens (including phenoxy) is 1. The van der Waals surface area contributed by atoms with Crippen molar-refractivity contribution in [1.29, 1.82) is 0 Å². The van der Waals surface area contributed by atoms with Crippen molar-refractivity contribution in [3.63, 3.8) is 0 Å². The molecule has 0 radical (unpaired) electrons. The molecule has 1 aromatic heterocycles. The predicted octanol–water partition coefficient (Wildman–Crippen LogP) is 2.73. The van der Waals surface area contributed by atoms with E-state index in [4.69, 9.17) is 10.5 Å². The lowest BCUT2D eigenvalue weighted by Gasteiger charge is -2.27. The molecule has 0 saturated heterocycles. The first-order chi connectivity index (χ1) is 10.1. The van der Waals surface area contributed by atoms with Crippen LogP contribution < -0.4 is 5.73 Å². The van der Waals surface area contributed by atoms with Gasteiger partial charge < -0.3 is 10.5 Å². The maximum atomic E-state index is 6.00. The molecule has 1 aromatic carbocycles. The zero-order valence-corrected chi connectivity index (χ0v) is 13.7. The topological polar surface area (TPSA) is 51.4 Å². The minimum Gasteiger partial charge on any atom is -0.380 e. The molecule has 1 heterocycles. The summed E-state index contributed by atoms with van der Waals surface area (Å²) in [4.78, 5) is 6.77. The molecule has 4 nitrogen and oxygen atoms in total. The standard InChI is InChI=1S/C16H23N3OS/c1-12-18-15(11-21-12)9-19(2)16(8-17)14-6-4-5-13(7-14)10-20-3/h4-7,11,16H,8-10,17H2,1-3H3. The minimum atomic E-state index is 0.184. The fraction of sp³-hybridized carbons (Fsp3) is 0.438. The molecular weight excluding hydrogens is 282 g/mol. The summed E-state index contributed by atoms with van der Waals surface area (Å²) >= 11 is 1.69. The van der Waals surface area contributed by atoms with Crippen molar-refractivity contribution in [2.75, 3.05) is 20.7 Å². The maximum Gasteiger partial charge on any atom is 0.0897 e. The number of hydrogen-bond donors (Lipinski definition) is 1. The van der Waals surface area contributed by atoms with Crippen LogP contribution in [-0.4, -0.2) is 30.6 Å². The van der Waals surface area contributed by atoms with Gasteiger partial charge in [0.05, 0.1) is 17.3 Å². The number of hydrogen-bond acceptors (Lipinski definition) is 5. The van der Waals surface area contributed by atoms with Crippen molar-refractivity contribution in [3.05, 3.63) is 51.5 Å². The number of nitrogens with two attached hydrogens (primary N) is 1. The van der Waals surface area contributed by atoms with Crippen LogP contribution in [0.25, 0.3) is 0 Å². The van der Waals surface area contributed by atoms with Gasteiger partial charge in [-0.15, -0.1) is 11.3 Å². The number of methoxy groups -OCH3 is 1. The summed E-state index contributed by atoms with van der Waals surface area (Å²) in [5.74, 6) is 0. The molecule has 0 aliphatic rings. The lowest BCUT2D eigenvalue weighted by molar-refractivity contribution is 0.184. The quantitative estimate of drug-likeness (QED) is 0.854. The van der Waals surface area contributed by atoms with Gasteiger partial charge >= 0.3 is 0 Å². The average molecular weight is 305 g/mol. The van der Waals surface area contributed by atoms with Crippen molar-refractivity contribution in [2.24, 2.45) is 5.73 Å². The van der Waals surface area contributed by atoms with E-state index in [0.29, 0.717) is 13.2 Å². The van der Waals surface area contributed by atoms with E-state index in [0.717, 1.165) is 17.2 Å². The summed E-state index contributed by atoms with van der Waals surface area (Å²) in [5, 5.41) is 3.21. The SMILES string of the molecule is COCc1cccc(C(CN)N(C)Cc2csc(C)n2)c1. The Bertz CT molecular complexity index is 570. The van der Waals surface area contributed by atoms with Gasteiger partial charge in [-0.1, -0.05) is 24.3 Å². The fourth-order valence-electron chi connectivity index (χ4n) is 2.47. The number of benzene rings is 1. The van der Waals surface area contributed by atoms with Crippen LogP contribution in [-0.2, 0) is 17.9 Å². The van der Waals surface area contributed by atoms with Crippen molar-refractivity contribution in [1.82, 2.24) is 9.88 Å². The third-order valence-corrected chi connectivity index (χ3v) is 4.30. The molecule has 2 rings (SSSR count). The molecule has 0 amide bonds. The van der Waals surface area contributed by atoms with Crippen LogP contribution in [0.3, 0.4) is 0 Å². The van der Waals surface area contributed by atoms with E-state index in [2.05, 4.69) is 46.6 Å². The summed E-state index contributed by atoms with van der Waals surface area (Å²) in [6.45, 7) is 4.04. The highest BCUT2D eigenvalue weighted by atomic mass is 32.1. The highest BCUT2D eigenvalue weighted by Gasteiger charge is 2.17.